The summed E-state index contributed by atoms with van der Waals surface area (Å²) in [5, 5.41) is 4.43. The molecule has 0 spiro atoms. The second-order valence-corrected chi connectivity index (χ2v) is 17.3. The molecule has 0 saturated carbocycles. The third-order valence-corrected chi connectivity index (χ3v) is 11.4. The zero-order valence-electron chi connectivity index (χ0n) is 37.2. The molecule has 0 heterocycles. The van der Waals surface area contributed by atoms with Gasteiger partial charge in [0.15, 0.2) is 29.4 Å². The zero-order valence-corrected chi connectivity index (χ0v) is 38.1. The minimum absolute atomic E-state index is 0.0808. The normalized spacial score (nSPS) is 12.7. The largest absolute Gasteiger partial charge is 0.472 e. The van der Waals surface area contributed by atoms with E-state index in [4.69, 9.17) is 24.1 Å². The van der Waals surface area contributed by atoms with Gasteiger partial charge in [-0.3, -0.25) is 23.4 Å². The number of ether oxygens (including phenoxy) is 2. The lowest BCUT2D eigenvalue weighted by Crippen LogP contribution is -2.30. The summed E-state index contributed by atoms with van der Waals surface area (Å²) in [7, 11) is -4.91. The minimum Gasteiger partial charge on any atom is -0.462 e. The molecule has 0 aliphatic carbocycles. The molecule has 0 aromatic heterocycles. The standard InChI is InChI=1S/C44H73F4N4O9P/c1-3-5-7-9-11-13-15-17-19-21-23-25-27-29-36(53)58-33-35(61-37(54)30-28-26-24-22-20-18-16-14-12-10-8-6-4-2)34-60-62(56,57)59-32-31-50-44(55)38-39(45)41(47)43(51-52-49)42(48)40(38)46/h35H,3-34H2,1-2H3,(H,50,55)(H,56,57). The van der Waals surface area contributed by atoms with Crippen LogP contribution in [0.2, 0.25) is 0 Å². The highest BCUT2D eigenvalue weighted by Crippen LogP contribution is 2.43. The Bertz CT molecular complexity index is 1490. The van der Waals surface area contributed by atoms with Gasteiger partial charge in [-0.25, -0.2) is 22.1 Å². The van der Waals surface area contributed by atoms with E-state index >= 15 is 0 Å². The van der Waals surface area contributed by atoms with E-state index in [0.29, 0.717) is 12.8 Å². The Morgan fingerprint density at radius 1 is 0.629 bits per heavy atom. The van der Waals surface area contributed by atoms with Gasteiger partial charge in [0.25, 0.3) is 5.91 Å². The summed E-state index contributed by atoms with van der Waals surface area (Å²) in [5.41, 5.74) is 5.11. The van der Waals surface area contributed by atoms with Crippen molar-refractivity contribution in [2.75, 3.05) is 26.4 Å². The number of hydrogen-bond acceptors (Lipinski definition) is 9. The third-order valence-electron chi connectivity index (χ3n) is 10.4. The maximum absolute atomic E-state index is 14.3. The zero-order chi connectivity index (χ0) is 45.9. The first kappa shape index (κ1) is 56.8. The number of halogens is 4. The van der Waals surface area contributed by atoms with Gasteiger partial charge in [-0.2, -0.15) is 0 Å². The highest BCUT2D eigenvalue weighted by molar-refractivity contribution is 7.47. The van der Waals surface area contributed by atoms with Crippen molar-refractivity contribution in [3.05, 3.63) is 39.3 Å². The molecule has 0 bridgehead atoms. The van der Waals surface area contributed by atoms with Crippen molar-refractivity contribution < 1.29 is 59.9 Å². The number of esters is 2. The molecular weight excluding hydrogens is 835 g/mol. The van der Waals surface area contributed by atoms with Crippen molar-refractivity contribution in [3.8, 4) is 0 Å². The number of amides is 1. The molecule has 1 aromatic carbocycles. The molecule has 18 heteroatoms. The van der Waals surface area contributed by atoms with E-state index in [1.54, 1.807) is 0 Å². The maximum Gasteiger partial charge on any atom is 0.472 e. The van der Waals surface area contributed by atoms with Gasteiger partial charge in [-0.05, 0) is 18.4 Å². The molecule has 1 amide bonds. The average Bonchev–Trinajstić information content (AvgIpc) is 3.24. The van der Waals surface area contributed by atoms with E-state index in [2.05, 4.69) is 23.9 Å². The van der Waals surface area contributed by atoms with Gasteiger partial charge in [-0.15, -0.1) is 0 Å². The first-order valence-corrected chi connectivity index (χ1v) is 24.5. The van der Waals surface area contributed by atoms with Crippen LogP contribution in [0.15, 0.2) is 5.11 Å². The number of carbonyl (C=O) groups is 3. The molecule has 356 valence electrons. The molecule has 1 rings (SSSR count). The van der Waals surface area contributed by atoms with Crippen LogP contribution in [0.4, 0.5) is 23.2 Å². The van der Waals surface area contributed by atoms with Crippen molar-refractivity contribution in [3.63, 3.8) is 0 Å². The van der Waals surface area contributed by atoms with Gasteiger partial charge in [0.05, 0.1) is 13.2 Å². The van der Waals surface area contributed by atoms with Crippen molar-refractivity contribution in [2.24, 2.45) is 5.11 Å². The smallest absolute Gasteiger partial charge is 0.462 e. The lowest BCUT2D eigenvalue weighted by atomic mass is 10.0. The molecule has 13 nitrogen and oxygen atoms in total. The van der Waals surface area contributed by atoms with Crippen LogP contribution >= 0.6 is 7.82 Å². The van der Waals surface area contributed by atoms with E-state index < -0.39 is 92.7 Å². The van der Waals surface area contributed by atoms with Gasteiger partial charge >= 0.3 is 19.8 Å². The Morgan fingerprint density at radius 2 is 1.03 bits per heavy atom. The Morgan fingerprint density at radius 3 is 1.45 bits per heavy atom. The maximum atomic E-state index is 14.3. The molecule has 0 saturated heterocycles. The van der Waals surface area contributed by atoms with E-state index in [1.807, 2.05) is 5.32 Å². The van der Waals surface area contributed by atoms with Crippen LogP contribution in [0.1, 0.15) is 204 Å². The molecule has 2 atom stereocenters. The fourth-order valence-corrected chi connectivity index (χ4v) is 7.52. The van der Waals surface area contributed by atoms with E-state index in [9.17, 15) is 41.4 Å². The predicted octanol–water partition coefficient (Wildman–Crippen LogP) is 13.5. The summed E-state index contributed by atoms with van der Waals surface area (Å²) in [6, 6.07) is 0. The fourth-order valence-electron chi connectivity index (χ4n) is 6.77. The van der Waals surface area contributed by atoms with Gasteiger partial charge in [0.2, 0.25) is 0 Å². The first-order valence-electron chi connectivity index (χ1n) is 23.0. The number of hydrogen-bond donors (Lipinski definition) is 2. The number of azide groups is 1. The molecule has 62 heavy (non-hydrogen) atoms. The molecule has 2 N–H and O–H groups in total. The number of nitrogens with zero attached hydrogens (tertiary/aromatic N) is 3. The number of unbranched alkanes of at least 4 members (excludes halogenated alkanes) is 24. The van der Waals surface area contributed by atoms with Gasteiger partial charge < -0.3 is 19.7 Å². The highest BCUT2D eigenvalue weighted by atomic mass is 31.2. The number of phosphoric acid groups is 1. The van der Waals surface area contributed by atoms with Crippen LogP contribution < -0.4 is 5.32 Å². The lowest BCUT2D eigenvalue weighted by Gasteiger charge is -2.20. The summed E-state index contributed by atoms with van der Waals surface area (Å²) in [6.07, 6.45) is 28.7. The SMILES string of the molecule is CCCCCCCCCCCCCCCC(=O)OCC(COP(=O)(O)OCCNC(=O)c1c(F)c(F)c(N=[N+]=[N-])c(F)c1F)OC(=O)CCCCCCCCCCCCCCC. The average molecular weight is 909 g/mol. The Hall–Kier alpha value is -3.23. The van der Waals surface area contributed by atoms with Crippen LogP contribution in [0.3, 0.4) is 0 Å². The van der Waals surface area contributed by atoms with E-state index in [0.717, 1.165) is 51.4 Å². The number of rotatable bonds is 40. The van der Waals surface area contributed by atoms with E-state index in [1.165, 1.54) is 103 Å². The predicted molar refractivity (Wildman–Crippen MR) is 231 cm³/mol. The summed E-state index contributed by atoms with van der Waals surface area (Å²) >= 11 is 0. The van der Waals surface area contributed by atoms with Crippen molar-refractivity contribution in [1.29, 1.82) is 0 Å². The molecule has 0 radical (unpaired) electrons. The van der Waals surface area contributed by atoms with Crippen LogP contribution in [0.5, 0.6) is 0 Å². The van der Waals surface area contributed by atoms with Gasteiger partial charge in [0, 0.05) is 24.3 Å². The van der Waals surface area contributed by atoms with Crippen LogP contribution in [0.25, 0.3) is 10.4 Å². The lowest BCUT2D eigenvalue weighted by molar-refractivity contribution is -0.161. The Kier molecular flexibility index (Phi) is 33.1. The Labute approximate surface area is 366 Å². The van der Waals surface area contributed by atoms with Crippen LogP contribution in [0, 0.1) is 23.3 Å². The van der Waals surface area contributed by atoms with Crippen molar-refractivity contribution in [2.45, 2.75) is 200 Å². The monoisotopic (exact) mass is 909 g/mol. The minimum atomic E-state index is -4.91. The number of carbonyl (C=O) groups excluding carboxylic acids is 3. The third kappa shape index (κ3) is 27.1. The molecule has 0 aliphatic rings. The number of nitrogens with one attached hydrogen (secondary N) is 1. The van der Waals surface area contributed by atoms with Crippen molar-refractivity contribution in [1.82, 2.24) is 5.32 Å². The second-order valence-electron chi connectivity index (χ2n) is 15.8. The topological polar surface area (TPSA) is 186 Å². The molecule has 2 unspecified atom stereocenters. The summed E-state index contributed by atoms with van der Waals surface area (Å²) in [4.78, 5) is 49.8. The number of benzene rings is 1. The highest BCUT2D eigenvalue weighted by Gasteiger charge is 2.30. The summed E-state index contributed by atoms with van der Waals surface area (Å²) < 4.78 is 89.9. The fraction of sp³-hybridized carbons (Fsp3) is 0.795. The second kappa shape index (κ2) is 36.1. The summed E-state index contributed by atoms with van der Waals surface area (Å²) in [5.74, 6) is -11.2. The molecular formula is C44H73F4N4O9P. The first-order chi connectivity index (χ1) is 29.9. The molecule has 0 aliphatic heterocycles. The summed E-state index contributed by atoms with van der Waals surface area (Å²) in [6.45, 7) is 1.82. The quantitative estimate of drug-likeness (QED) is 0.00944. The van der Waals surface area contributed by atoms with Crippen molar-refractivity contribution >= 4 is 31.4 Å². The number of phosphoric ester groups is 1. The Balaban J connectivity index is 2.56. The van der Waals surface area contributed by atoms with Crippen LogP contribution in [-0.2, 0) is 32.7 Å². The van der Waals surface area contributed by atoms with E-state index in [-0.39, 0.29) is 12.8 Å². The van der Waals surface area contributed by atoms with Gasteiger partial charge in [0.1, 0.15) is 17.9 Å². The van der Waals surface area contributed by atoms with Crippen LogP contribution in [-0.4, -0.2) is 55.2 Å². The molecule has 0 fully saturated rings. The molecule has 1 aromatic rings. The van der Waals surface area contributed by atoms with Gasteiger partial charge in [-0.1, -0.05) is 173 Å².